The highest BCUT2D eigenvalue weighted by Crippen LogP contribution is 2.18. The van der Waals surface area contributed by atoms with Crippen LogP contribution in [0.4, 0.5) is 0 Å². The van der Waals surface area contributed by atoms with Gasteiger partial charge in [-0.2, -0.15) is 0 Å². The minimum atomic E-state index is -4.12. The van der Waals surface area contributed by atoms with Gasteiger partial charge in [0.2, 0.25) is 0 Å². The van der Waals surface area contributed by atoms with Crippen molar-refractivity contribution in [3.63, 3.8) is 0 Å². The molecular weight excluding hydrogens is 288 g/mol. The summed E-state index contributed by atoms with van der Waals surface area (Å²) in [5, 5.41) is -1.76. The minimum absolute atomic E-state index is 0.318. The zero-order chi connectivity index (χ0) is 15.3. The summed E-state index contributed by atoms with van der Waals surface area (Å²) in [6.07, 6.45) is 1.84. The van der Waals surface area contributed by atoms with Crippen molar-refractivity contribution in [2.45, 2.75) is 63.9 Å². The Morgan fingerprint density at radius 1 is 0.947 bits per heavy atom. The molecule has 0 fully saturated rings. The van der Waals surface area contributed by atoms with Gasteiger partial charge in [0, 0.05) is 0 Å². The Kier molecular flexibility index (Phi) is 6.89. The van der Waals surface area contributed by atoms with Gasteiger partial charge in [0.1, 0.15) is 0 Å². The van der Waals surface area contributed by atoms with Crippen LogP contribution < -0.4 is 0 Å². The maximum Gasteiger partial charge on any atom is 0.495 e. The second-order valence-electron chi connectivity index (χ2n) is 4.65. The molecule has 0 bridgehead atoms. The lowest BCUT2D eigenvalue weighted by molar-refractivity contribution is 0.00367. The summed E-state index contributed by atoms with van der Waals surface area (Å²) >= 11 is 0. The monoisotopic (exact) mass is 310 g/mol. The molecule has 2 unspecified atom stereocenters. The van der Waals surface area contributed by atoms with Crippen molar-refractivity contribution < 1.29 is 21.6 Å². The van der Waals surface area contributed by atoms with Crippen LogP contribution in [0.3, 0.4) is 0 Å². The quantitative estimate of drug-likeness (QED) is 0.322. The summed E-state index contributed by atoms with van der Waals surface area (Å²) in [6.45, 7) is 6.44. The first-order valence-electron chi connectivity index (χ1n) is 6.36. The molecule has 0 heterocycles. The second-order valence-corrected chi connectivity index (χ2v) is 9.48. The summed E-state index contributed by atoms with van der Waals surface area (Å²) in [7, 11) is -8.24. The van der Waals surface area contributed by atoms with Crippen molar-refractivity contribution in [1.29, 1.82) is 0 Å². The highest BCUT2D eigenvalue weighted by atomic mass is 32.3. The number of rotatable bonds is 6. The fraction of sp³-hybridized carbons (Fsp3) is 0.909. The van der Waals surface area contributed by atoms with E-state index in [1.165, 1.54) is 13.8 Å². The van der Waals surface area contributed by atoms with Crippen LogP contribution in [0.15, 0.2) is 0 Å². The summed E-state index contributed by atoms with van der Waals surface area (Å²) in [6, 6.07) is 0. The molecule has 8 heteroatoms. The van der Waals surface area contributed by atoms with Gasteiger partial charge in [-0.1, -0.05) is 26.7 Å². The molecule has 0 aromatic heterocycles. The third-order valence-electron chi connectivity index (χ3n) is 3.02. The number of sulfone groups is 2. The van der Waals surface area contributed by atoms with E-state index < -0.39 is 34.6 Å². The molecular formula is C11H22N2O4S2. The van der Waals surface area contributed by atoms with Crippen LogP contribution in [0.2, 0.25) is 0 Å². The first-order valence-corrected chi connectivity index (χ1v) is 9.45. The Bertz CT molecular complexity index is 501. The van der Waals surface area contributed by atoms with Crippen molar-refractivity contribution in [3.05, 3.63) is 5.53 Å². The van der Waals surface area contributed by atoms with Crippen LogP contribution in [0.25, 0.3) is 5.53 Å². The van der Waals surface area contributed by atoms with Gasteiger partial charge in [-0.3, -0.25) is 0 Å². The van der Waals surface area contributed by atoms with E-state index in [0.717, 1.165) is 0 Å². The maximum absolute atomic E-state index is 12.1. The summed E-state index contributed by atoms with van der Waals surface area (Å²) in [4.78, 5) is 2.58. The van der Waals surface area contributed by atoms with Crippen LogP contribution in [0.1, 0.15) is 53.4 Å². The van der Waals surface area contributed by atoms with E-state index in [0.29, 0.717) is 25.7 Å². The molecule has 112 valence electrons. The Hall–Kier alpha value is -0.720. The minimum Gasteiger partial charge on any atom is -0.359 e. The average molecular weight is 310 g/mol. The third-order valence-corrected chi connectivity index (χ3v) is 8.14. The zero-order valence-electron chi connectivity index (χ0n) is 11.8. The van der Waals surface area contributed by atoms with Gasteiger partial charge in [0.05, 0.1) is 10.5 Å². The second kappa shape index (κ2) is 7.17. The fourth-order valence-electron chi connectivity index (χ4n) is 1.74. The van der Waals surface area contributed by atoms with Crippen molar-refractivity contribution in [3.8, 4) is 0 Å². The van der Waals surface area contributed by atoms with E-state index in [4.69, 9.17) is 5.53 Å². The molecule has 0 aliphatic rings. The largest absolute Gasteiger partial charge is 0.495 e. The fourth-order valence-corrected chi connectivity index (χ4v) is 6.03. The Morgan fingerprint density at radius 2 is 1.26 bits per heavy atom. The number of hydrogen-bond acceptors (Lipinski definition) is 4. The molecule has 0 aromatic rings. The number of nitrogens with zero attached hydrogens (tertiary/aromatic N) is 2. The van der Waals surface area contributed by atoms with E-state index in [1.54, 1.807) is 13.8 Å². The molecule has 19 heavy (non-hydrogen) atoms. The molecule has 6 nitrogen and oxygen atoms in total. The summed E-state index contributed by atoms with van der Waals surface area (Å²) < 4.78 is 47.5. The predicted octanol–water partition coefficient (Wildman–Crippen LogP) is 1.78. The average Bonchev–Trinajstić information content (AvgIpc) is 2.29. The van der Waals surface area contributed by atoms with Gasteiger partial charge < -0.3 is 5.53 Å². The van der Waals surface area contributed by atoms with Crippen molar-refractivity contribution in [2.24, 2.45) is 0 Å². The van der Waals surface area contributed by atoms with Gasteiger partial charge in [-0.05, 0) is 26.7 Å². The van der Waals surface area contributed by atoms with Crippen molar-refractivity contribution in [1.82, 2.24) is 0 Å². The zero-order valence-corrected chi connectivity index (χ0v) is 13.5. The molecule has 0 aromatic carbocycles. The SMILES string of the molecule is CCCC(C)S(=O)(=O)C(=[N+]=[N-])S(=O)(=O)C(C)CCC. The van der Waals surface area contributed by atoms with Crippen LogP contribution in [0.5, 0.6) is 0 Å². The molecule has 0 rings (SSSR count). The summed E-state index contributed by atoms with van der Waals surface area (Å²) in [5.74, 6) is 0. The molecule has 0 saturated carbocycles. The smallest absolute Gasteiger partial charge is 0.359 e. The predicted molar refractivity (Wildman–Crippen MR) is 75.2 cm³/mol. The van der Waals surface area contributed by atoms with Crippen LogP contribution in [0, 0.1) is 0 Å². The molecule has 0 radical (unpaired) electrons. The first kappa shape index (κ1) is 18.3. The lowest BCUT2D eigenvalue weighted by Crippen LogP contribution is -2.37. The van der Waals surface area contributed by atoms with E-state index >= 15 is 0 Å². The molecule has 0 saturated heterocycles. The Morgan fingerprint density at radius 3 is 1.47 bits per heavy atom. The van der Waals surface area contributed by atoms with Crippen molar-refractivity contribution >= 4 is 24.1 Å². The maximum atomic E-state index is 12.1. The molecule has 0 amide bonds. The van der Waals surface area contributed by atoms with E-state index in [9.17, 15) is 16.8 Å². The highest BCUT2D eigenvalue weighted by molar-refractivity contribution is 8.31. The standard InChI is InChI=1S/C11H22N2O4S2/c1-5-7-9(3)18(14,15)11(13-12)19(16,17)10(4)8-6-2/h9-10H,5-8H2,1-4H3. The van der Waals surface area contributed by atoms with E-state index in [1.807, 2.05) is 0 Å². The van der Waals surface area contributed by atoms with Crippen LogP contribution in [-0.4, -0.2) is 36.5 Å². The van der Waals surface area contributed by atoms with Gasteiger partial charge in [-0.15, -0.1) is 4.79 Å². The van der Waals surface area contributed by atoms with Gasteiger partial charge in [-0.25, -0.2) is 16.8 Å². The first-order chi connectivity index (χ1) is 8.66. The molecule has 0 aliphatic heterocycles. The van der Waals surface area contributed by atoms with Crippen LogP contribution in [-0.2, 0) is 19.7 Å². The number of hydrogen-bond donors (Lipinski definition) is 0. The summed E-state index contributed by atoms with van der Waals surface area (Å²) in [5.41, 5.74) is 8.86. The lowest BCUT2D eigenvalue weighted by atomic mass is 10.3. The van der Waals surface area contributed by atoms with Gasteiger partial charge in [0.25, 0.3) is 19.7 Å². The molecule has 0 spiro atoms. The van der Waals surface area contributed by atoms with Crippen LogP contribution >= 0.6 is 0 Å². The van der Waals surface area contributed by atoms with Crippen molar-refractivity contribution in [2.75, 3.05) is 0 Å². The Balaban J connectivity index is 5.66. The van der Waals surface area contributed by atoms with E-state index in [-0.39, 0.29) is 0 Å². The van der Waals surface area contributed by atoms with E-state index in [2.05, 4.69) is 4.79 Å². The Labute approximate surface area is 115 Å². The molecule has 0 aliphatic carbocycles. The lowest BCUT2D eigenvalue weighted by Gasteiger charge is -2.11. The highest BCUT2D eigenvalue weighted by Gasteiger charge is 2.46. The molecule has 2 atom stereocenters. The van der Waals surface area contributed by atoms with Gasteiger partial charge >= 0.3 is 4.38 Å². The third kappa shape index (κ3) is 4.12. The van der Waals surface area contributed by atoms with Gasteiger partial charge in [0.15, 0.2) is 0 Å². The molecule has 0 N–H and O–H groups in total. The topological polar surface area (TPSA) is 105 Å². The normalized spacial score (nSPS) is 15.6.